The summed E-state index contributed by atoms with van der Waals surface area (Å²) in [6.07, 6.45) is 2.48. The van der Waals surface area contributed by atoms with Crippen LogP contribution in [0.4, 0.5) is 5.82 Å². The largest absolute Gasteiger partial charge is 0.356 e. The molecule has 0 spiro atoms. The van der Waals surface area contributed by atoms with Gasteiger partial charge in [-0.3, -0.25) is 0 Å². The minimum absolute atomic E-state index is 0.358. The maximum atomic E-state index is 5.97. The normalized spacial score (nSPS) is 16.2. The molecule has 0 radical (unpaired) electrons. The maximum absolute atomic E-state index is 5.97. The van der Waals surface area contributed by atoms with Crippen LogP contribution in [0.3, 0.4) is 0 Å². The zero-order chi connectivity index (χ0) is 11.1. The standard InChI is InChI=1S/C11H12ClN3S/c1-7-6-8-9(15-4-2-3-5-15)13-11(12)14-10(8)16-7/h6H,2-5H2,1H3. The predicted octanol–water partition coefficient (Wildman–Crippen LogP) is 3.25. The van der Waals surface area contributed by atoms with Crippen molar-refractivity contribution in [2.75, 3.05) is 18.0 Å². The van der Waals surface area contributed by atoms with Crippen molar-refractivity contribution < 1.29 is 0 Å². The number of hydrogen-bond acceptors (Lipinski definition) is 4. The molecule has 0 unspecified atom stereocenters. The molecular weight excluding hydrogens is 242 g/mol. The minimum Gasteiger partial charge on any atom is -0.356 e. The highest BCUT2D eigenvalue weighted by atomic mass is 35.5. The molecule has 0 N–H and O–H groups in total. The molecule has 0 aromatic carbocycles. The Bertz CT molecular complexity index is 531. The fourth-order valence-electron chi connectivity index (χ4n) is 2.17. The molecule has 0 atom stereocenters. The second kappa shape index (κ2) is 3.86. The summed E-state index contributed by atoms with van der Waals surface area (Å²) < 4.78 is 0. The van der Waals surface area contributed by atoms with Gasteiger partial charge < -0.3 is 4.90 Å². The van der Waals surface area contributed by atoms with Crippen LogP contribution in [0.5, 0.6) is 0 Å². The number of aromatic nitrogens is 2. The molecular formula is C11H12ClN3S. The van der Waals surface area contributed by atoms with E-state index < -0.39 is 0 Å². The number of halogens is 1. The first-order valence-electron chi connectivity index (χ1n) is 5.43. The molecule has 5 heteroatoms. The van der Waals surface area contributed by atoms with E-state index in [9.17, 15) is 0 Å². The monoisotopic (exact) mass is 253 g/mol. The third-order valence-corrected chi connectivity index (χ3v) is 3.99. The Morgan fingerprint density at radius 3 is 2.81 bits per heavy atom. The summed E-state index contributed by atoms with van der Waals surface area (Å²) >= 11 is 7.65. The Labute approximate surface area is 103 Å². The second-order valence-corrected chi connectivity index (χ2v) is 5.66. The molecule has 16 heavy (non-hydrogen) atoms. The van der Waals surface area contributed by atoms with E-state index in [1.165, 1.54) is 17.7 Å². The molecule has 2 aromatic heterocycles. The Kier molecular flexibility index (Phi) is 2.48. The molecule has 3 heterocycles. The van der Waals surface area contributed by atoms with Crippen molar-refractivity contribution in [1.29, 1.82) is 0 Å². The van der Waals surface area contributed by atoms with Gasteiger partial charge in [-0.25, -0.2) is 4.98 Å². The van der Waals surface area contributed by atoms with E-state index in [0.29, 0.717) is 5.28 Å². The van der Waals surface area contributed by atoms with Crippen molar-refractivity contribution in [2.24, 2.45) is 0 Å². The van der Waals surface area contributed by atoms with Crippen molar-refractivity contribution in [3.05, 3.63) is 16.2 Å². The van der Waals surface area contributed by atoms with Gasteiger partial charge in [0.15, 0.2) is 0 Å². The molecule has 84 valence electrons. The lowest BCUT2D eigenvalue weighted by molar-refractivity contribution is 0.940. The Hall–Kier alpha value is -0.870. The molecule has 1 fully saturated rings. The summed E-state index contributed by atoms with van der Waals surface area (Å²) in [5.74, 6) is 1.01. The summed E-state index contributed by atoms with van der Waals surface area (Å²) in [5.41, 5.74) is 0. The highest BCUT2D eigenvalue weighted by Gasteiger charge is 2.18. The lowest BCUT2D eigenvalue weighted by atomic mass is 10.3. The highest BCUT2D eigenvalue weighted by molar-refractivity contribution is 7.18. The number of fused-ring (bicyclic) bond motifs is 1. The zero-order valence-corrected chi connectivity index (χ0v) is 10.6. The first-order valence-corrected chi connectivity index (χ1v) is 6.62. The molecule has 0 amide bonds. The van der Waals surface area contributed by atoms with E-state index in [0.717, 1.165) is 29.1 Å². The Balaban J connectivity index is 2.20. The number of thiophene rings is 1. The molecule has 0 bridgehead atoms. The van der Waals surface area contributed by atoms with Crippen LogP contribution < -0.4 is 4.90 Å². The molecule has 0 saturated carbocycles. The summed E-state index contributed by atoms with van der Waals surface area (Å²) in [6.45, 7) is 4.25. The van der Waals surface area contributed by atoms with Crippen LogP contribution in [0.25, 0.3) is 10.2 Å². The lowest BCUT2D eigenvalue weighted by Gasteiger charge is -2.16. The van der Waals surface area contributed by atoms with Gasteiger partial charge in [0.05, 0.1) is 5.39 Å². The zero-order valence-electron chi connectivity index (χ0n) is 9.03. The summed E-state index contributed by atoms with van der Waals surface area (Å²) in [4.78, 5) is 13.2. The minimum atomic E-state index is 0.358. The van der Waals surface area contributed by atoms with Crippen molar-refractivity contribution in [3.63, 3.8) is 0 Å². The molecule has 1 aliphatic heterocycles. The van der Waals surface area contributed by atoms with E-state index in [-0.39, 0.29) is 0 Å². The summed E-state index contributed by atoms with van der Waals surface area (Å²) in [6, 6.07) is 2.16. The average molecular weight is 254 g/mol. The third kappa shape index (κ3) is 1.66. The smallest absolute Gasteiger partial charge is 0.225 e. The van der Waals surface area contributed by atoms with Crippen molar-refractivity contribution in [2.45, 2.75) is 19.8 Å². The topological polar surface area (TPSA) is 29.0 Å². The van der Waals surface area contributed by atoms with E-state index in [2.05, 4.69) is 27.9 Å². The van der Waals surface area contributed by atoms with Crippen molar-refractivity contribution in [3.8, 4) is 0 Å². The average Bonchev–Trinajstić information content (AvgIpc) is 2.83. The second-order valence-electron chi connectivity index (χ2n) is 4.09. The van der Waals surface area contributed by atoms with E-state index >= 15 is 0 Å². The first-order chi connectivity index (χ1) is 7.74. The van der Waals surface area contributed by atoms with Crippen LogP contribution in [0, 0.1) is 6.92 Å². The van der Waals surface area contributed by atoms with Gasteiger partial charge in [-0.1, -0.05) is 0 Å². The lowest BCUT2D eigenvalue weighted by Crippen LogP contribution is -2.19. The Morgan fingerprint density at radius 2 is 2.06 bits per heavy atom. The van der Waals surface area contributed by atoms with Gasteiger partial charge >= 0.3 is 0 Å². The van der Waals surface area contributed by atoms with Crippen LogP contribution in [-0.2, 0) is 0 Å². The Morgan fingerprint density at radius 1 is 1.31 bits per heavy atom. The number of aryl methyl sites for hydroxylation is 1. The van der Waals surface area contributed by atoms with Crippen LogP contribution in [-0.4, -0.2) is 23.1 Å². The maximum Gasteiger partial charge on any atom is 0.225 e. The van der Waals surface area contributed by atoms with Gasteiger partial charge in [-0.2, -0.15) is 4.98 Å². The first kappa shape index (κ1) is 10.3. The van der Waals surface area contributed by atoms with Gasteiger partial charge in [0, 0.05) is 18.0 Å². The van der Waals surface area contributed by atoms with Gasteiger partial charge in [-0.15, -0.1) is 11.3 Å². The third-order valence-electron chi connectivity index (χ3n) is 2.87. The SMILES string of the molecule is Cc1cc2c(N3CCCC3)nc(Cl)nc2s1. The van der Waals surface area contributed by atoms with E-state index in [4.69, 9.17) is 11.6 Å². The molecule has 0 aliphatic carbocycles. The van der Waals surface area contributed by atoms with Gasteiger partial charge in [0.25, 0.3) is 0 Å². The van der Waals surface area contributed by atoms with E-state index in [1.54, 1.807) is 11.3 Å². The quantitative estimate of drug-likeness (QED) is 0.731. The van der Waals surface area contributed by atoms with Crippen LogP contribution >= 0.6 is 22.9 Å². The predicted molar refractivity (Wildman–Crippen MR) is 68.6 cm³/mol. The fraction of sp³-hybridized carbons (Fsp3) is 0.455. The number of anilines is 1. The van der Waals surface area contributed by atoms with E-state index in [1.807, 2.05) is 0 Å². The van der Waals surface area contributed by atoms with Gasteiger partial charge in [-0.05, 0) is 37.4 Å². The van der Waals surface area contributed by atoms with Crippen LogP contribution in [0.2, 0.25) is 5.28 Å². The molecule has 3 rings (SSSR count). The van der Waals surface area contributed by atoms with Crippen LogP contribution in [0.15, 0.2) is 6.07 Å². The van der Waals surface area contributed by atoms with Gasteiger partial charge in [0.2, 0.25) is 5.28 Å². The van der Waals surface area contributed by atoms with Gasteiger partial charge in [0.1, 0.15) is 10.6 Å². The fourth-order valence-corrected chi connectivity index (χ4v) is 3.26. The highest BCUT2D eigenvalue weighted by Crippen LogP contribution is 2.32. The summed E-state index contributed by atoms with van der Waals surface area (Å²) in [5, 5.41) is 1.50. The number of nitrogens with zero attached hydrogens (tertiary/aromatic N) is 3. The summed E-state index contributed by atoms with van der Waals surface area (Å²) in [7, 11) is 0. The van der Waals surface area contributed by atoms with Crippen LogP contribution in [0.1, 0.15) is 17.7 Å². The number of hydrogen-bond donors (Lipinski definition) is 0. The number of rotatable bonds is 1. The van der Waals surface area contributed by atoms with Crippen molar-refractivity contribution in [1.82, 2.24) is 9.97 Å². The molecule has 1 saturated heterocycles. The molecule has 2 aromatic rings. The molecule has 3 nitrogen and oxygen atoms in total. The van der Waals surface area contributed by atoms with Crippen molar-refractivity contribution >= 4 is 39.0 Å². The molecule has 1 aliphatic rings.